The van der Waals surface area contributed by atoms with Crippen molar-refractivity contribution in [1.82, 2.24) is 14.5 Å². The fourth-order valence-electron chi connectivity index (χ4n) is 1.78. The molecule has 0 saturated carbocycles. The van der Waals surface area contributed by atoms with E-state index >= 15 is 0 Å². The van der Waals surface area contributed by atoms with Gasteiger partial charge in [0.25, 0.3) is 0 Å². The third kappa shape index (κ3) is 4.91. The molecule has 1 atom stereocenters. The van der Waals surface area contributed by atoms with Gasteiger partial charge in [0.2, 0.25) is 0 Å². The molecule has 1 aromatic rings. The third-order valence-corrected chi connectivity index (χ3v) is 2.57. The first-order valence-electron chi connectivity index (χ1n) is 5.86. The summed E-state index contributed by atoms with van der Waals surface area (Å²) in [6.45, 7) is 0.712. The summed E-state index contributed by atoms with van der Waals surface area (Å²) in [6, 6.07) is 0. The molecule has 1 aromatic heterocycles. The Morgan fingerprint density at radius 1 is 1.42 bits per heavy atom. The summed E-state index contributed by atoms with van der Waals surface area (Å²) in [5, 5.41) is 38.2. The Morgan fingerprint density at radius 3 is 2.58 bits per heavy atom. The molecular formula is C10H18N4O5. The maximum absolute atomic E-state index is 10.7. The SMILES string of the molecule is O=[N+]([O-])c1nccn1CC(O)CN(CCO)CCO. The smallest absolute Gasteiger partial charge is 0.395 e. The molecule has 1 rings (SSSR count). The lowest BCUT2D eigenvalue weighted by Gasteiger charge is -2.22. The van der Waals surface area contributed by atoms with Crippen molar-refractivity contribution in [2.45, 2.75) is 12.6 Å². The number of aromatic nitrogens is 2. The Morgan fingerprint density at radius 2 is 2.05 bits per heavy atom. The van der Waals surface area contributed by atoms with Crippen LogP contribution < -0.4 is 0 Å². The Balaban J connectivity index is 2.55. The standard InChI is InChI=1S/C10H18N4O5/c15-5-3-12(4-6-16)7-9(17)8-13-2-1-11-10(13)14(18)19/h1-2,9,15-17H,3-8H2. The zero-order chi connectivity index (χ0) is 14.3. The fraction of sp³-hybridized carbons (Fsp3) is 0.700. The molecule has 9 nitrogen and oxygen atoms in total. The van der Waals surface area contributed by atoms with E-state index in [1.165, 1.54) is 17.0 Å². The Bertz CT molecular complexity index is 391. The molecule has 0 aliphatic carbocycles. The average Bonchev–Trinajstić information content (AvgIpc) is 2.77. The fourth-order valence-corrected chi connectivity index (χ4v) is 1.78. The van der Waals surface area contributed by atoms with Gasteiger partial charge >= 0.3 is 5.95 Å². The second-order valence-corrected chi connectivity index (χ2v) is 4.04. The first kappa shape index (κ1) is 15.5. The topological polar surface area (TPSA) is 125 Å². The van der Waals surface area contributed by atoms with E-state index in [0.717, 1.165) is 0 Å². The van der Waals surface area contributed by atoms with Crippen molar-refractivity contribution >= 4 is 5.95 Å². The lowest BCUT2D eigenvalue weighted by molar-refractivity contribution is -0.397. The van der Waals surface area contributed by atoms with Gasteiger partial charge in [-0.05, 0) is 4.92 Å². The van der Waals surface area contributed by atoms with Gasteiger partial charge in [-0.15, -0.1) is 0 Å². The number of hydrogen-bond acceptors (Lipinski definition) is 7. The molecule has 1 unspecified atom stereocenters. The van der Waals surface area contributed by atoms with Crippen LogP contribution in [0.3, 0.4) is 0 Å². The van der Waals surface area contributed by atoms with Crippen LogP contribution in [0.4, 0.5) is 5.95 Å². The number of nitro groups is 1. The van der Waals surface area contributed by atoms with E-state index in [0.29, 0.717) is 13.1 Å². The molecule has 0 aromatic carbocycles. The van der Waals surface area contributed by atoms with Crippen LogP contribution >= 0.6 is 0 Å². The molecule has 0 bridgehead atoms. The quantitative estimate of drug-likeness (QED) is 0.367. The van der Waals surface area contributed by atoms with E-state index in [4.69, 9.17) is 10.2 Å². The van der Waals surface area contributed by atoms with Crippen molar-refractivity contribution in [3.63, 3.8) is 0 Å². The minimum atomic E-state index is -0.856. The molecule has 0 fully saturated rings. The molecule has 0 saturated heterocycles. The molecule has 0 radical (unpaired) electrons. The van der Waals surface area contributed by atoms with Crippen LogP contribution in [-0.2, 0) is 6.54 Å². The average molecular weight is 274 g/mol. The van der Waals surface area contributed by atoms with E-state index in [1.54, 1.807) is 4.90 Å². The van der Waals surface area contributed by atoms with Gasteiger partial charge < -0.3 is 25.4 Å². The van der Waals surface area contributed by atoms with E-state index in [9.17, 15) is 15.2 Å². The molecule has 0 spiro atoms. The van der Waals surface area contributed by atoms with Gasteiger partial charge in [0.15, 0.2) is 0 Å². The van der Waals surface area contributed by atoms with E-state index < -0.39 is 11.0 Å². The van der Waals surface area contributed by atoms with Crippen LogP contribution in [0.5, 0.6) is 0 Å². The van der Waals surface area contributed by atoms with Crippen molar-refractivity contribution in [1.29, 1.82) is 0 Å². The summed E-state index contributed by atoms with van der Waals surface area (Å²) in [4.78, 5) is 15.3. The van der Waals surface area contributed by atoms with Crippen molar-refractivity contribution in [2.24, 2.45) is 0 Å². The van der Waals surface area contributed by atoms with Crippen molar-refractivity contribution in [3.8, 4) is 0 Å². The normalized spacial score (nSPS) is 12.8. The van der Waals surface area contributed by atoms with E-state index in [-0.39, 0.29) is 32.3 Å². The number of hydrogen-bond donors (Lipinski definition) is 3. The first-order chi connectivity index (χ1) is 9.08. The second-order valence-electron chi connectivity index (χ2n) is 4.04. The summed E-state index contributed by atoms with van der Waals surface area (Å²) in [5.41, 5.74) is 0. The number of imidazole rings is 1. The van der Waals surface area contributed by atoms with Crippen LogP contribution in [0.15, 0.2) is 12.4 Å². The molecule has 3 N–H and O–H groups in total. The number of nitrogens with zero attached hydrogens (tertiary/aromatic N) is 4. The van der Waals surface area contributed by atoms with Gasteiger partial charge in [0.05, 0.1) is 25.9 Å². The summed E-state index contributed by atoms with van der Waals surface area (Å²) >= 11 is 0. The van der Waals surface area contributed by atoms with Crippen LogP contribution in [0.2, 0.25) is 0 Å². The van der Waals surface area contributed by atoms with Gasteiger partial charge in [0, 0.05) is 19.6 Å². The molecule has 1 heterocycles. The van der Waals surface area contributed by atoms with Crippen LogP contribution in [0.25, 0.3) is 0 Å². The Kier molecular flexibility index (Phi) is 6.36. The molecule has 108 valence electrons. The lowest BCUT2D eigenvalue weighted by atomic mass is 10.3. The highest BCUT2D eigenvalue weighted by Crippen LogP contribution is 2.08. The number of aliphatic hydroxyl groups excluding tert-OH is 3. The molecule has 9 heteroatoms. The summed E-state index contributed by atoms with van der Waals surface area (Å²) in [6.07, 6.45) is 1.86. The van der Waals surface area contributed by atoms with E-state index in [1.807, 2.05) is 0 Å². The van der Waals surface area contributed by atoms with Crippen LogP contribution in [-0.4, -0.2) is 73.6 Å². The molecule has 0 amide bonds. The van der Waals surface area contributed by atoms with Crippen molar-refractivity contribution in [3.05, 3.63) is 22.5 Å². The molecule has 0 aliphatic rings. The predicted octanol–water partition coefficient (Wildman–Crippen LogP) is -1.56. The maximum atomic E-state index is 10.7. The van der Waals surface area contributed by atoms with Gasteiger partial charge in [0.1, 0.15) is 12.4 Å². The van der Waals surface area contributed by atoms with Crippen molar-refractivity contribution < 1.29 is 20.2 Å². The Hall–Kier alpha value is -1.55. The highest BCUT2D eigenvalue weighted by atomic mass is 16.6. The second kappa shape index (κ2) is 7.79. The van der Waals surface area contributed by atoms with E-state index in [2.05, 4.69) is 4.98 Å². The van der Waals surface area contributed by atoms with Gasteiger partial charge in [-0.25, -0.2) is 4.57 Å². The van der Waals surface area contributed by atoms with Crippen LogP contribution in [0, 0.1) is 10.1 Å². The number of rotatable bonds is 9. The minimum Gasteiger partial charge on any atom is -0.395 e. The van der Waals surface area contributed by atoms with Crippen molar-refractivity contribution in [2.75, 3.05) is 32.8 Å². The predicted molar refractivity (Wildman–Crippen MR) is 65.5 cm³/mol. The molecule has 19 heavy (non-hydrogen) atoms. The minimum absolute atomic E-state index is 0.0314. The zero-order valence-corrected chi connectivity index (χ0v) is 10.4. The molecule has 0 aliphatic heterocycles. The monoisotopic (exact) mass is 274 g/mol. The highest BCUT2D eigenvalue weighted by molar-refractivity contribution is 5.06. The zero-order valence-electron chi connectivity index (χ0n) is 10.4. The van der Waals surface area contributed by atoms with Crippen LogP contribution in [0.1, 0.15) is 0 Å². The molecular weight excluding hydrogens is 256 g/mol. The third-order valence-electron chi connectivity index (χ3n) is 2.57. The largest absolute Gasteiger partial charge is 0.434 e. The maximum Gasteiger partial charge on any atom is 0.434 e. The lowest BCUT2D eigenvalue weighted by Crippen LogP contribution is -2.38. The summed E-state index contributed by atoms with van der Waals surface area (Å²) in [7, 11) is 0. The van der Waals surface area contributed by atoms with Gasteiger partial charge in [-0.2, -0.15) is 0 Å². The Labute approximate surface area is 109 Å². The highest BCUT2D eigenvalue weighted by Gasteiger charge is 2.19. The number of aliphatic hydroxyl groups is 3. The summed E-state index contributed by atoms with van der Waals surface area (Å²) < 4.78 is 1.25. The first-order valence-corrected chi connectivity index (χ1v) is 5.86. The van der Waals surface area contributed by atoms with Gasteiger partial charge in [-0.3, -0.25) is 4.90 Å². The summed E-state index contributed by atoms with van der Waals surface area (Å²) in [5.74, 6) is -0.324. The van der Waals surface area contributed by atoms with Gasteiger partial charge in [-0.1, -0.05) is 4.98 Å².